The highest BCUT2D eigenvalue weighted by molar-refractivity contribution is 5.16. The van der Waals surface area contributed by atoms with E-state index in [1.807, 2.05) is 0 Å². The Morgan fingerprint density at radius 3 is 3.17 bits per heavy atom. The lowest BCUT2D eigenvalue weighted by atomic mass is 10.0. The first kappa shape index (κ1) is 9.31. The van der Waals surface area contributed by atoms with Crippen LogP contribution < -0.4 is 0 Å². The maximum absolute atomic E-state index is 2.28. The smallest absolute Gasteiger partial charge is 0.0136 e. The van der Waals surface area contributed by atoms with Crippen LogP contribution in [0.25, 0.3) is 0 Å². The van der Waals surface area contributed by atoms with Crippen LogP contribution in [0.4, 0.5) is 0 Å². The summed E-state index contributed by atoms with van der Waals surface area (Å²) < 4.78 is 0. The highest BCUT2D eigenvalue weighted by Gasteiger charge is 1.96. The third kappa shape index (κ3) is 3.56. The molecule has 1 aliphatic rings. The van der Waals surface area contributed by atoms with Gasteiger partial charge in [-0.3, -0.25) is 0 Å². The van der Waals surface area contributed by atoms with Crippen molar-refractivity contribution in [3.8, 4) is 0 Å². The molecule has 0 unspecified atom stereocenters. The van der Waals surface area contributed by atoms with E-state index in [9.17, 15) is 0 Å². The summed E-state index contributed by atoms with van der Waals surface area (Å²) in [5, 5.41) is 0. The zero-order chi connectivity index (χ0) is 8.65. The average molecular weight is 162 g/mol. The summed E-state index contributed by atoms with van der Waals surface area (Å²) in [5.41, 5.74) is 1.57. The highest BCUT2D eigenvalue weighted by atomic mass is 14.0. The largest absolute Gasteiger partial charge is 0.0913 e. The van der Waals surface area contributed by atoms with Gasteiger partial charge < -0.3 is 0 Å². The summed E-state index contributed by atoms with van der Waals surface area (Å²) in [6.45, 7) is 2.08. The topological polar surface area (TPSA) is 0 Å². The second kappa shape index (κ2) is 5.82. The van der Waals surface area contributed by atoms with E-state index in [1.54, 1.807) is 5.57 Å². The molecule has 0 fully saturated rings. The van der Waals surface area contributed by atoms with Crippen molar-refractivity contribution in [3.63, 3.8) is 0 Å². The van der Waals surface area contributed by atoms with Crippen molar-refractivity contribution in [1.29, 1.82) is 0 Å². The Morgan fingerprint density at radius 1 is 1.42 bits per heavy atom. The summed E-state index contributed by atoms with van der Waals surface area (Å²) in [6.07, 6.45) is 17.5. The molecule has 0 saturated carbocycles. The molecule has 0 aromatic rings. The van der Waals surface area contributed by atoms with Crippen LogP contribution >= 0.6 is 0 Å². The molecule has 0 aromatic heterocycles. The van der Waals surface area contributed by atoms with Gasteiger partial charge in [-0.15, -0.1) is 0 Å². The van der Waals surface area contributed by atoms with Crippen LogP contribution in [-0.4, -0.2) is 0 Å². The first-order chi connectivity index (χ1) is 5.93. The van der Waals surface area contributed by atoms with E-state index in [-0.39, 0.29) is 0 Å². The minimum absolute atomic E-state index is 1.14. The van der Waals surface area contributed by atoms with Crippen molar-refractivity contribution < 1.29 is 0 Å². The fourth-order valence-corrected chi connectivity index (χ4v) is 1.44. The molecular weight excluding hydrogens is 144 g/mol. The van der Waals surface area contributed by atoms with Gasteiger partial charge in [0.1, 0.15) is 0 Å². The van der Waals surface area contributed by atoms with E-state index >= 15 is 0 Å². The van der Waals surface area contributed by atoms with Crippen molar-refractivity contribution in [3.05, 3.63) is 36.0 Å². The molecule has 1 rings (SSSR count). The molecule has 0 nitrogen and oxygen atoms in total. The van der Waals surface area contributed by atoms with Gasteiger partial charge in [0.05, 0.1) is 0 Å². The maximum Gasteiger partial charge on any atom is -0.0136 e. The zero-order valence-electron chi connectivity index (χ0n) is 7.92. The van der Waals surface area contributed by atoms with Crippen molar-refractivity contribution in [2.24, 2.45) is 0 Å². The molecule has 12 heavy (non-hydrogen) atoms. The first-order valence-electron chi connectivity index (χ1n) is 4.89. The average Bonchev–Trinajstić information content (AvgIpc) is 2.02. The van der Waals surface area contributed by atoms with Gasteiger partial charge in [0.25, 0.3) is 0 Å². The molecule has 0 spiro atoms. The second-order valence-electron chi connectivity index (χ2n) is 3.27. The molecule has 0 aliphatic heterocycles. The van der Waals surface area contributed by atoms with E-state index in [0.29, 0.717) is 0 Å². The normalized spacial score (nSPS) is 18.9. The van der Waals surface area contributed by atoms with E-state index in [4.69, 9.17) is 0 Å². The highest BCUT2D eigenvalue weighted by Crippen LogP contribution is 2.16. The van der Waals surface area contributed by atoms with Gasteiger partial charge in [0, 0.05) is 0 Å². The van der Waals surface area contributed by atoms with Crippen LogP contribution in [0.15, 0.2) is 36.0 Å². The van der Waals surface area contributed by atoms with Crippen molar-refractivity contribution >= 4 is 0 Å². The fourth-order valence-electron chi connectivity index (χ4n) is 1.44. The van der Waals surface area contributed by atoms with Crippen LogP contribution in [0.2, 0.25) is 0 Å². The summed E-state index contributed by atoms with van der Waals surface area (Å²) in [5.74, 6) is 0. The second-order valence-corrected chi connectivity index (χ2v) is 3.27. The van der Waals surface area contributed by atoms with Gasteiger partial charge in [0.2, 0.25) is 0 Å². The molecule has 0 N–H and O–H groups in total. The molecule has 0 heteroatoms. The molecule has 66 valence electrons. The third-order valence-corrected chi connectivity index (χ3v) is 2.20. The Bertz CT molecular complexity index is 194. The molecule has 0 heterocycles. The van der Waals surface area contributed by atoms with Gasteiger partial charge >= 0.3 is 0 Å². The Balaban J connectivity index is 2.46. The summed E-state index contributed by atoms with van der Waals surface area (Å²) in [6, 6.07) is 0. The molecule has 0 atom stereocenters. The lowest BCUT2D eigenvalue weighted by Crippen LogP contribution is -1.85. The van der Waals surface area contributed by atoms with E-state index in [0.717, 1.165) is 6.42 Å². The number of rotatable bonds is 2. The van der Waals surface area contributed by atoms with Crippen LogP contribution in [-0.2, 0) is 0 Å². The third-order valence-electron chi connectivity index (χ3n) is 2.20. The Morgan fingerprint density at radius 2 is 2.33 bits per heavy atom. The van der Waals surface area contributed by atoms with Crippen LogP contribution in [0.5, 0.6) is 0 Å². The van der Waals surface area contributed by atoms with Crippen molar-refractivity contribution in [2.45, 2.75) is 39.0 Å². The fraction of sp³-hybridized carbons (Fsp3) is 0.500. The molecular formula is C12H18. The zero-order valence-corrected chi connectivity index (χ0v) is 7.92. The number of hydrogen-bond acceptors (Lipinski definition) is 0. The lowest BCUT2D eigenvalue weighted by molar-refractivity contribution is 0.729. The van der Waals surface area contributed by atoms with Gasteiger partial charge in [-0.05, 0) is 39.0 Å². The minimum atomic E-state index is 1.14. The van der Waals surface area contributed by atoms with Gasteiger partial charge in [-0.2, -0.15) is 0 Å². The minimum Gasteiger partial charge on any atom is -0.0913 e. The summed E-state index contributed by atoms with van der Waals surface area (Å²) in [7, 11) is 0. The van der Waals surface area contributed by atoms with Gasteiger partial charge in [-0.25, -0.2) is 0 Å². The predicted octanol–water partition coefficient (Wildman–Crippen LogP) is 4.01. The van der Waals surface area contributed by atoms with Crippen molar-refractivity contribution in [2.75, 3.05) is 0 Å². The van der Waals surface area contributed by atoms with Gasteiger partial charge in [0.15, 0.2) is 0 Å². The van der Waals surface area contributed by atoms with Crippen molar-refractivity contribution in [1.82, 2.24) is 0 Å². The molecule has 0 amide bonds. The Kier molecular flexibility index (Phi) is 4.51. The SMILES string of the molecule is CC=CCC1=CC=CCCCC1. The van der Waals surface area contributed by atoms with E-state index in [1.165, 1.54) is 25.7 Å². The molecule has 0 aromatic carbocycles. The summed E-state index contributed by atoms with van der Waals surface area (Å²) >= 11 is 0. The van der Waals surface area contributed by atoms with Crippen LogP contribution in [0.3, 0.4) is 0 Å². The number of hydrogen-bond donors (Lipinski definition) is 0. The predicted molar refractivity (Wildman–Crippen MR) is 55.1 cm³/mol. The van der Waals surface area contributed by atoms with Crippen LogP contribution in [0.1, 0.15) is 39.0 Å². The maximum atomic E-state index is 2.28. The first-order valence-corrected chi connectivity index (χ1v) is 4.89. The molecule has 0 saturated heterocycles. The standard InChI is InChI=1S/C12H18/c1-2-3-9-12-10-7-5-4-6-8-11-12/h2-3,5,7,10H,4,6,8-9,11H2,1H3. The molecule has 0 radical (unpaired) electrons. The monoisotopic (exact) mass is 162 g/mol. The quantitative estimate of drug-likeness (QED) is 0.538. The Hall–Kier alpha value is -0.780. The number of allylic oxidation sites excluding steroid dienone is 6. The van der Waals surface area contributed by atoms with Gasteiger partial charge in [-0.1, -0.05) is 36.0 Å². The molecule has 1 aliphatic carbocycles. The van der Waals surface area contributed by atoms with E-state index < -0.39 is 0 Å². The Labute approximate surface area is 75.7 Å². The lowest BCUT2D eigenvalue weighted by Gasteiger charge is -2.05. The summed E-state index contributed by atoms with van der Waals surface area (Å²) in [4.78, 5) is 0. The van der Waals surface area contributed by atoms with E-state index in [2.05, 4.69) is 37.3 Å². The van der Waals surface area contributed by atoms with Crippen LogP contribution in [0, 0.1) is 0 Å². The molecule has 0 bridgehead atoms.